The lowest BCUT2D eigenvalue weighted by atomic mass is 10.1. The van der Waals surface area contributed by atoms with Gasteiger partial charge >= 0.3 is 6.18 Å². The maximum absolute atomic E-state index is 14.1. The van der Waals surface area contributed by atoms with Crippen LogP contribution in [0.25, 0.3) is 0 Å². The average Bonchev–Trinajstić information content (AvgIpc) is 3.42. The molecule has 8 nitrogen and oxygen atoms in total. The molecule has 0 radical (unpaired) electrons. The van der Waals surface area contributed by atoms with Crippen LogP contribution in [0.3, 0.4) is 0 Å². The Bertz CT molecular complexity index is 1340. The van der Waals surface area contributed by atoms with E-state index in [9.17, 15) is 30.8 Å². The summed E-state index contributed by atoms with van der Waals surface area (Å²) in [4.78, 5) is 17.0. The molecule has 1 aliphatic rings. The molecule has 0 saturated carbocycles. The van der Waals surface area contributed by atoms with Crippen LogP contribution in [-0.2, 0) is 29.3 Å². The normalized spacial score (nSPS) is 14.2. The van der Waals surface area contributed by atoms with Crippen molar-refractivity contribution in [3.63, 3.8) is 0 Å². The number of carbonyl (C=O) groups excluding carboxylic acids is 1. The smallest absolute Gasteiger partial charge is 0.449 e. The number of H-pyrrole nitrogens is 1. The van der Waals surface area contributed by atoms with Crippen molar-refractivity contribution in [2.75, 3.05) is 12.4 Å². The fourth-order valence-corrected chi connectivity index (χ4v) is 4.96. The number of hydrogen-bond donors (Lipinski definition) is 2. The van der Waals surface area contributed by atoms with Crippen molar-refractivity contribution in [3.05, 3.63) is 71.1 Å². The Morgan fingerprint density at radius 1 is 1.21 bits per heavy atom. The number of amides is 1. The van der Waals surface area contributed by atoms with Gasteiger partial charge < -0.3 is 15.0 Å². The number of carbonyl (C=O) groups is 1. The summed E-state index contributed by atoms with van der Waals surface area (Å²) in [5.41, 5.74) is 0.323. The SMILES string of the molecule is COc1ccc(NC(=O)c2cnc(C(F)(F)F)[nH]2)cc1S(=O)(=O)N1Cc2cccc(F)c2C1. The molecular formula is C20H16F4N4O4S. The predicted octanol–water partition coefficient (Wildman–Crippen LogP) is 3.53. The number of halogens is 4. The molecule has 0 saturated heterocycles. The van der Waals surface area contributed by atoms with E-state index in [0.29, 0.717) is 5.56 Å². The summed E-state index contributed by atoms with van der Waals surface area (Å²) in [6, 6.07) is 8.09. The Labute approximate surface area is 185 Å². The third-order valence-corrected chi connectivity index (χ3v) is 6.84. The van der Waals surface area contributed by atoms with Gasteiger partial charge in [-0.25, -0.2) is 17.8 Å². The van der Waals surface area contributed by atoms with E-state index in [1.807, 2.05) is 4.98 Å². The number of aromatic amines is 1. The first-order valence-electron chi connectivity index (χ1n) is 9.38. The predicted molar refractivity (Wildman–Crippen MR) is 107 cm³/mol. The van der Waals surface area contributed by atoms with Crippen molar-refractivity contribution in [2.45, 2.75) is 24.2 Å². The number of aromatic nitrogens is 2. The number of alkyl halides is 3. The molecule has 4 rings (SSSR count). The second-order valence-corrected chi connectivity index (χ2v) is 9.02. The topological polar surface area (TPSA) is 104 Å². The summed E-state index contributed by atoms with van der Waals surface area (Å²) in [5.74, 6) is -2.84. The van der Waals surface area contributed by atoms with Gasteiger partial charge in [0.25, 0.3) is 5.91 Å². The van der Waals surface area contributed by atoms with Crippen molar-refractivity contribution < 1.29 is 35.5 Å². The molecule has 3 aromatic rings. The fourth-order valence-electron chi connectivity index (χ4n) is 3.39. The molecule has 13 heteroatoms. The minimum absolute atomic E-state index is 0.00887. The van der Waals surface area contributed by atoms with Gasteiger partial charge in [-0.2, -0.15) is 17.5 Å². The van der Waals surface area contributed by atoms with E-state index in [2.05, 4.69) is 10.3 Å². The lowest BCUT2D eigenvalue weighted by Crippen LogP contribution is -2.26. The lowest BCUT2D eigenvalue weighted by Gasteiger charge is -2.18. The van der Waals surface area contributed by atoms with Gasteiger partial charge in [0, 0.05) is 24.3 Å². The largest absolute Gasteiger partial charge is 0.495 e. The molecule has 0 unspecified atom stereocenters. The van der Waals surface area contributed by atoms with Crippen LogP contribution >= 0.6 is 0 Å². The van der Waals surface area contributed by atoms with Crippen molar-refractivity contribution in [3.8, 4) is 5.75 Å². The quantitative estimate of drug-likeness (QED) is 0.540. The zero-order valence-corrected chi connectivity index (χ0v) is 17.7. The number of imidazole rings is 1. The molecule has 33 heavy (non-hydrogen) atoms. The Morgan fingerprint density at radius 2 is 1.97 bits per heavy atom. The van der Waals surface area contributed by atoms with Crippen LogP contribution in [-0.4, -0.2) is 35.7 Å². The number of benzene rings is 2. The number of fused-ring (bicyclic) bond motifs is 1. The maximum Gasteiger partial charge on any atom is 0.449 e. The van der Waals surface area contributed by atoms with Crippen molar-refractivity contribution >= 4 is 21.6 Å². The van der Waals surface area contributed by atoms with Crippen LogP contribution in [0.2, 0.25) is 0 Å². The summed E-state index contributed by atoms with van der Waals surface area (Å²) < 4.78 is 84.9. The number of anilines is 1. The molecule has 2 N–H and O–H groups in total. The first kappa shape index (κ1) is 22.7. The van der Waals surface area contributed by atoms with E-state index in [1.54, 1.807) is 6.07 Å². The van der Waals surface area contributed by atoms with Gasteiger partial charge in [-0.05, 0) is 29.8 Å². The Kier molecular flexibility index (Phi) is 5.62. The second-order valence-electron chi connectivity index (χ2n) is 7.11. The van der Waals surface area contributed by atoms with Crippen LogP contribution in [0.15, 0.2) is 47.5 Å². The van der Waals surface area contributed by atoms with E-state index in [-0.39, 0.29) is 35.0 Å². The molecule has 1 aromatic heterocycles. The van der Waals surface area contributed by atoms with Gasteiger partial charge in [-0.1, -0.05) is 12.1 Å². The van der Waals surface area contributed by atoms with Gasteiger partial charge in [0.2, 0.25) is 15.8 Å². The minimum atomic E-state index is -4.76. The number of nitrogens with one attached hydrogen (secondary N) is 2. The zero-order chi connectivity index (χ0) is 24.0. The van der Waals surface area contributed by atoms with Gasteiger partial charge in [0.05, 0.1) is 13.3 Å². The van der Waals surface area contributed by atoms with Gasteiger partial charge in [0.15, 0.2) is 0 Å². The first-order valence-corrected chi connectivity index (χ1v) is 10.8. The van der Waals surface area contributed by atoms with Crippen LogP contribution in [0, 0.1) is 5.82 Å². The third-order valence-electron chi connectivity index (χ3n) is 5.03. The third kappa shape index (κ3) is 4.28. The van der Waals surface area contributed by atoms with Gasteiger partial charge in [0.1, 0.15) is 22.2 Å². The number of nitrogens with zero attached hydrogens (tertiary/aromatic N) is 2. The van der Waals surface area contributed by atoms with Crippen molar-refractivity contribution in [2.24, 2.45) is 0 Å². The lowest BCUT2D eigenvalue weighted by molar-refractivity contribution is -0.144. The molecular weight excluding hydrogens is 468 g/mol. The highest BCUT2D eigenvalue weighted by atomic mass is 32.2. The van der Waals surface area contributed by atoms with Crippen LogP contribution in [0.4, 0.5) is 23.2 Å². The highest BCUT2D eigenvalue weighted by Crippen LogP contribution is 2.35. The molecule has 1 aliphatic heterocycles. The highest BCUT2D eigenvalue weighted by Gasteiger charge is 2.36. The molecule has 0 bridgehead atoms. The number of sulfonamides is 1. The van der Waals surface area contributed by atoms with Crippen molar-refractivity contribution in [1.82, 2.24) is 14.3 Å². The van der Waals surface area contributed by atoms with E-state index in [0.717, 1.165) is 16.6 Å². The number of ether oxygens (including phenoxy) is 1. The first-order chi connectivity index (χ1) is 15.5. The molecule has 2 aromatic carbocycles. The molecule has 1 amide bonds. The van der Waals surface area contributed by atoms with E-state index >= 15 is 0 Å². The molecule has 0 fully saturated rings. The fraction of sp³-hybridized carbons (Fsp3) is 0.200. The minimum Gasteiger partial charge on any atom is -0.495 e. The monoisotopic (exact) mass is 484 g/mol. The van der Waals surface area contributed by atoms with E-state index in [4.69, 9.17) is 4.74 Å². The second kappa shape index (κ2) is 8.15. The molecule has 0 aliphatic carbocycles. The summed E-state index contributed by atoms with van der Waals surface area (Å²) >= 11 is 0. The summed E-state index contributed by atoms with van der Waals surface area (Å²) in [6.07, 6.45) is -4.04. The van der Waals surface area contributed by atoms with Gasteiger partial charge in [-0.15, -0.1) is 0 Å². The summed E-state index contributed by atoms with van der Waals surface area (Å²) in [7, 11) is -2.92. The Balaban J connectivity index is 1.61. The Hall–Kier alpha value is -3.45. The summed E-state index contributed by atoms with van der Waals surface area (Å²) in [6.45, 7) is -0.234. The van der Waals surface area contributed by atoms with Gasteiger partial charge in [-0.3, -0.25) is 4.79 Å². The van der Waals surface area contributed by atoms with E-state index < -0.39 is 39.4 Å². The average molecular weight is 484 g/mol. The van der Waals surface area contributed by atoms with Crippen LogP contribution < -0.4 is 10.1 Å². The van der Waals surface area contributed by atoms with Crippen LogP contribution in [0.5, 0.6) is 5.75 Å². The highest BCUT2D eigenvalue weighted by molar-refractivity contribution is 7.89. The number of methoxy groups -OCH3 is 1. The maximum atomic E-state index is 14.1. The van der Waals surface area contributed by atoms with Crippen molar-refractivity contribution in [1.29, 1.82) is 0 Å². The molecule has 2 heterocycles. The summed E-state index contributed by atoms with van der Waals surface area (Å²) in [5, 5.41) is 2.33. The van der Waals surface area contributed by atoms with E-state index in [1.165, 1.54) is 31.4 Å². The molecule has 174 valence electrons. The Morgan fingerprint density at radius 3 is 2.61 bits per heavy atom. The molecule has 0 spiro atoms. The van der Waals surface area contributed by atoms with Crippen LogP contribution in [0.1, 0.15) is 27.4 Å². The standard InChI is InChI=1S/C20H16F4N4O4S/c1-32-16-6-5-12(26-18(29)15-8-25-19(27-15)20(22,23)24)7-17(16)33(30,31)28-9-11-3-2-4-14(21)13(11)10-28/h2-8H,9-10H2,1H3,(H,25,27)(H,26,29). The zero-order valence-electron chi connectivity index (χ0n) is 16.9. The number of rotatable bonds is 5. The number of hydrogen-bond acceptors (Lipinski definition) is 5. The molecule has 0 atom stereocenters.